The quantitative estimate of drug-likeness (QED) is 0.680. The third-order valence-corrected chi connectivity index (χ3v) is 6.98. The molecule has 160 valence electrons. The number of carbonyl (C=O) groups is 1. The third-order valence-electron chi connectivity index (χ3n) is 5.87. The summed E-state index contributed by atoms with van der Waals surface area (Å²) in [5, 5.41) is 9.62. The van der Waals surface area contributed by atoms with Gasteiger partial charge in [-0.05, 0) is 50.1 Å². The number of aromatic amines is 1. The fourth-order valence-corrected chi connectivity index (χ4v) is 5.02. The van der Waals surface area contributed by atoms with Gasteiger partial charge in [0.15, 0.2) is 0 Å². The maximum Gasteiger partial charge on any atom is 0.259 e. The minimum absolute atomic E-state index is 0.0861. The van der Waals surface area contributed by atoms with Crippen LogP contribution < -0.4 is 10.5 Å². The minimum Gasteiger partial charge on any atom is -0.370 e. The van der Waals surface area contributed by atoms with Crippen LogP contribution in [-0.2, 0) is 11.2 Å². The zero-order valence-corrected chi connectivity index (χ0v) is 18.6. The van der Waals surface area contributed by atoms with E-state index in [-0.39, 0.29) is 11.5 Å². The van der Waals surface area contributed by atoms with Gasteiger partial charge in [0.25, 0.3) is 5.56 Å². The van der Waals surface area contributed by atoms with Gasteiger partial charge in [-0.25, -0.2) is 4.98 Å². The molecule has 3 heterocycles. The molecule has 1 aliphatic rings. The first-order chi connectivity index (χ1) is 15.0. The molecule has 1 fully saturated rings. The number of benzene rings is 1. The van der Waals surface area contributed by atoms with Crippen molar-refractivity contribution in [2.45, 2.75) is 33.1 Å². The van der Waals surface area contributed by atoms with Crippen LogP contribution in [-0.4, -0.2) is 47.0 Å². The molecule has 1 aromatic carbocycles. The van der Waals surface area contributed by atoms with Crippen LogP contribution in [0, 0.1) is 25.2 Å². The molecule has 0 spiro atoms. The van der Waals surface area contributed by atoms with Gasteiger partial charge in [-0.3, -0.25) is 9.59 Å². The number of hydrogen-bond donors (Lipinski definition) is 1. The molecule has 1 aliphatic heterocycles. The molecule has 0 saturated carbocycles. The van der Waals surface area contributed by atoms with E-state index in [0.717, 1.165) is 47.0 Å². The molecule has 3 aromatic rings. The number of fused-ring (bicyclic) bond motifs is 1. The molecule has 0 unspecified atom stereocenters. The Balaban J connectivity index is 1.37. The summed E-state index contributed by atoms with van der Waals surface area (Å²) in [6.45, 7) is 6.94. The molecule has 1 N–H and O–H groups in total. The van der Waals surface area contributed by atoms with Gasteiger partial charge in [0.2, 0.25) is 5.91 Å². The molecule has 4 rings (SSSR count). The van der Waals surface area contributed by atoms with Gasteiger partial charge in [0, 0.05) is 49.6 Å². The lowest BCUT2D eigenvalue weighted by atomic mass is 10.2. The molecule has 2 aromatic heterocycles. The van der Waals surface area contributed by atoms with E-state index in [1.54, 1.807) is 0 Å². The average molecular weight is 436 g/mol. The molecular weight excluding hydrogens is 410 g/mol. The van der Waals surface area contributed by atoms with Crippen LogP contribution in [0.4, 0.5) is 5.69 Å². The fraction of sp³-hybridized carbons (Fsp3) is 0.391. The third kappa shape index (κ3) is 4.47. The SMILES string of the molecule is Cc1sc2nc(CCC(=O)N3CCCN(c4ccc(C#N)cc4)CC3)[nH]c(=O)c2c1C. The molecule has 0 bridgehead atoms. The van der Waals surface area contributed by atoms with E-state index in [1.165, 1.54) is 11.3 Å². The number of aromatic nitrogens is 2. The second kappa shape index (κ2) is 8.90. The van der Waals surface area contributed by atoms with Crippen molar-refractivity contribution in [2.75, 3.05) is 31.1 Å². The van der Waals surface area contributed by atoms with Crippen LogP contribution in [0.2, 0.25) is 0 Å². The van der Waals surface area contributed by atoms with Gasteiger partial charge in [0.1, 0.15) is 10.7 Å². The highest BCUT2D eigenvalue weighted by Gasteiger charge is 2.20. The highest BCUT2D eigenvalue weighted by atomic mass is 32.1. The van der Waals surface area contributed by atoms with Gasteiger partial charge in [0.05, 0.1) is 17.0 Å². The Bertz CT molecular complexity index is 1210. The largest absolute Gasteiger partial charge is 0.370 e. The van der Waals surface area contributed by atoms with Gasteiger partial charge in [-0.2, -0.15) is 5.26 Å². The van der Waals surface area contributed by atoms with E-state index >= 15 is 0 Å². The number of aryl methyl sites for hydroxylation is 3. The van der Waals surface area contributed by atoms with E-state index in [2.05, 4.69) is 20.9 Å². The molecular formula is C23H25N5O2S. The maximum atomic E-state index is 12.8. The predicted octanol–water partition coefficient (Wildman–Crippen LogP) is 3.14. The monoisotopic (exact) mass is 435 g/mol. The smallest absolute Gasteiger partial charge is 0.259 e. The molecule has 0 atom stereocenters. The summed E-state index contributed by atoms with van der Waals surface area (Å²) >= 11 is 1.52. The Kier molecular flexibility index (Phi) is 6.05. The van der Waals surface area contributed by atoms with E-state index in [0.29, 0.717) is 36.2 Å². The maximum absolute atomic E-state index is 12.8. The molecule has 1 amide bonds. The first-order valence-corrected chi connectivity index (χ1v) is 11.3. The Morgan fingerprint density at radius 3 is 2.71 bits per heavy atom. The number of carbonyl (C=O) groups excluding carboxylic acids is 1. The lowest BCUT2D eigenvalue weighted by Crippen LogP contribution is -2.35. The topological polar surface area (TPSA) is 93.1 Å². The van der Waals surface area contributed by atoms with Gasteiger partial charge < -0.3 is 14.8 Å². The van der Waals surface area contributed by atoms with Crippen molar-refractivity contribution in [2.24, 2.45) is 0 Å². The Morgan fingerprint density at radius 2 is 1.97 bits per heavy atom. The van der Waals surface area contributed by atoms with Crippen LogP contribution in [0.1, 0.15) is 34.7 Å². The number of H-pyrrole nitrogens is 1. The summed E-state index contributed by atoms with van der Waals surface area (Å²) in [5.74, 6) is 0.657. The number of nitrogens with one attached hydrogen (secondary N) is 1. The number of nitrogens with zero attached hydrogens (tertiary/aromatic N) is 4. The number of hydrogen-bond acceptors (Lipinski definition) is 6. The summed E-state index contributed by atoms with van der Waals surface area (Å²) in [6, 6.07) is 9.71. The molecule has 1 saturated heterocycles. The van der Waals surface area contributed by atoms with Crippen LogP contribution >= 0.6 is 11.3 Å². The summed E-state index contributed by atoms with van der Waals surface area (Å²) < 4.78 is 0. The standard InChI is InChI=1S/C23H25N5O2S/c1-15-16(2)31-23-21(15)22(30)25-19(26-23)8-9-20(29)28-11-3-10-27(12-13-28)18-6-4-17(14-24)5-7-18/h4-7H,3,8-13H2,1-2H3,(H,25,26,30). The number of anilines is 1. The molecule has 8 heteroatoms. The second-order valence-electron chi connectivity index (χ2n) is 7.86. The summed E-state index contributed by atoms with van der Waals surface area (Å²) in [5.41, 5.74) is 2.58. The Labute approximate surface area is 184 Å². The molecule has 0 aliphatic carbocycles. The van der Waals surface area contributed by atoms with Crippen LogP contribution in [0.15, 0.2) is 29.1 Å². The Morgan fingerprint density at radius 1 is 1.19 bits per heavy atom. The lowest BCUT2D eigenvalue weighted by molar-refractivity contribution is -0.130. The first-order valence-electron chi connectivity index (χ1n) is 10.5. The Hall–Kier alpha value is -3.18. The number of rotatable bonds is 4. The van der Waals surface area contributed by atoms with Crippen LogP contribution in [0.25, 0.3) is 10.2 Å². The van der Waals surface area contributed by atoms with E-state index < -0.39 is 0 Å². The normalized spacial score (nSPS) is 14.5. The van der Waals surface area contributed by atoms with Crippen LogP contribution in [0.5, 0.6) is 0 Å². The number of nitriles is 1. The van der Waals surface area contributed by atoms with Crippen molar-refractivity contribution < 1.29 is 4.79 Å². The van der Waals surface area contributed by atoms with Crippen molar-refractivity contribution >= 4 is 33.1 Å². The van der Waals surface area contributed by atoms with Crippen molar-refractivity contribution in [3.05, 3.63) is 56.4 Å². The van der Waals surface area contributed by atoms with Crippen LogP contribution in [0.3, 0.4) is 0 Å². The van der Waals surface area contributed by atoms with Crippen molar-refractivity contribution in [1.82, 2.24) is 14.9 Å². The number of amides is 1. The molecule has 0 radical (unpaired) electrons. The van der Waals surface area contributed by atoms with Gasteiger partial charge in [-0.1, -0.05) is 0 Å². The highest BCUT2D eigenvalue weighted by molar-refractivity contribution is 7.18. The zero-order chi connectivity index (χ0) is 22.0. The summed E-state index contributed by atoms with van der Waals surface area (Å²) in [7, 11) is 0. The fourth-order valence-electron chi connectivity index (χ4n) is 3.97. The number of thiophene rings is 1. The van der Waals surface area contributed by atoms with Gasteiger partial charge >= 0.3 is 0 Å². The average Bonchev–Trinajstić information content (AvgIpc) is 2.94. The predicted molar refractivity (Wildman–Crippen MR) is 123 cm³/mol. The van der Waals surface area contributed by atoms with E-state index in [4.69, 9.17) is 5.26 Å². The minimum atomic E-state index is -0.123. The van der Waals surface area contributed by atoms with E-state index in [9.17, 15) is 9.59 Å². The van der Waals surface area contributed by atoms with E-state index in [1.807, 2.05) is 43.0 Å². The van der Waals surface area contributed by atoms with Gasteiger partial charge in [-0.15, -0.1) is 11.3 Å². The second-order valence-corrected chi connectivity index (χ2v) is 9.06. The van der Waals surface area contributed by atoms with Crippen molar-refractivity contribution in [1.29, 1.82) is 5.26 Å². The van der Waals surface area contributed by atoms with Crippen molar-refractivity contribution in [3.8, 4) is 6.07 Å². The summed E-state index contributed by atoms with van der Waals surface area (Å²) in [4.78, 5) is 38.7. The zero-order valence-electron chi connectivity index (χ0n) is 17.8. The molecule has 31 heavy (non-hydrogen) atoms. The first kappa shape index (κ1) is 21.1. The lowest BCUT2D eigenvalue weighted by Gasteiger charge is -2.23. The summed E-state index contributed by atoms with van der Waals surface area (Å²) in [6.07, 6.45) is 1.64. The molecule has 7 nitrogen and oxygen atoms in total. The van der Waals surface area contributed by atoms with Crippen molar-refractivity contribution in [3.63, 3.8) is 0 Å². The highest BCUT2D eigenvalue weighted by Crippen LogP contribution is 2.25.